The number of pyridine rings is 1. The molecule has 0 saturated carbocycles. The fourth-order valence-corrected chi connectivity index (χ4v) is 2.65. The standard InChI is InChI=1S/C15H24N4O.ClH/c1-12-4-2-7-17-14(12)11-19-9-3-5-13(10-19)15(20)18-8-6-16;/h2,4,7,13H,3,5-6,8-11,16H2,1H3,(H,18,20);1H. The first-order valence-electron chi connectivity index (χ1n) is 7.31. The van der Waals surface area contributed by atoms with E-state index in [1.54, 1.807) is 0 Å². The van der Waals surface area contributed by atoms with Crippen LogP contribution in [0.25, 0.3) is 0 Å². The molecule has 5 nitrogen and oxygen atoms in total. The number of nitrogens with zero attached hydrogens (tertiary/aromatic N) is 2. The second kappa shape index (κ2) is 8.97. The Morgan fingerprint density at radius 3 is 3.10 bits per heavy atom. The lowest BCUT2D eigenvalue weighted by atomic mass is 9.97. The van der Waals surface area contributed by atoms with Crippen molar-refractivity contribution in [2.75, 3.05) is 26.2 Å². The third-order valence-electron chi connectivity index (χ3n) is 3.81. The first kappa shape index (κ1) is 17.9. The summed E-state index contributed by atoms with van der Waals surface area (Å²) in [5.74, 6) is 0.220. The van der Waals surface area contributed by atoms with Crippen molar-refractivity contribution in [1.82, 2.24) is 15.2 Å². The van der Waals surface area contributed by atoms with Crippen LogP contribution in [0.1, 0.15) is 24.1 Å². The Kier molecular flexibility index (Phi) is 7.64. The van der Waals surface area contributed by atoms with Crippen LogP contribution in [0.4, 0.5) is 0 Å². The van der Waals surface area contributed by atoms with Crippen LogP contribution in [0.5, 0.6) is 0 Å². The normalized spacial score (nSPS) is 18.9. The molecule has 0 aliphatic carbocycles. The van der Waals surface area contributed by atoms with Crippen molar-refractivity contribution in [1.29, 1.82) is 0 Å². The van der Waals surface area contributed by atoms with Gasteiger partial charge in [0.2, 0.25) is 5.91 Å². The minimum absolute atomic E-state index is 0. The summed E-state index contributed by atoms with van der Waals surface area (Å²) in [7, 11) is 0. The highest BCUT2D eigenvalue weighted by molar-refractivity contribution is 5.85. The number of halogens is 1. The van der Waals surface area contributed by atoms with Gasteiger partial charge in [0.1, 0.15) is 0 Å². The zero-order chi connectivity index (χ0) is 14.4. The molecule has 0 radical (unpaired) electrons. The van der Waals surface area contributed by atoms with E-state index in [1.807, 2.05) is 12.3 Å². The number of piperidine rings is 1. The Hall–Kier alpha value is -1.17. The number of hydrogen-bond acceptors (Lipinski definition) is 4. The molecule has 1 atom stereocenters. The predicted molar refractivity (Wildman–Crippen MR) is 86.3 cm³/mol. The number of hydrogen-bond donors (Lipinski definition) is 2. The van der Waals surface area contributed by atoms with Crippen molar-refractivity contribution in [2.24, 2.45) is 11.7 Å². The van der Waals surface area contributed by atoms with Crippen molar-refractivity contribution in [3.8, 4) is 0 Å². The van der Waals surface area contributed by atoms with Crippen LogP contribution in [0.15, 0.2) is 18.3 Å². The zero-order valence-corrected chi connectivity index (χ0v) is 13.4. The van der Waals surface area contributed by atoms with Crippen LogP contribution in [-0.4, -0.2) is 42.0 Å². The number of carbonyl (C=O) groups is 1. The first-order valence-corrected chi connectivity index (χ1v) is 7.31. The molecule has 1 fully saturated rings. The number of amides is 1. The smallest absolute Gasteiger partial charge is 0.224 e. The van der Waals surface area contributed by atoms with E-state index in [9.17, 15) is 4.79 Å². The van der Waals surface area contributed by atoms with Crippen LogP contribution >= 0.6 is 12.4 Å². The summed E-state index contributed by atoms with van der Waals surface area (Å²) in [5, 5.41) is 2.89. The van der Waals surface area contributed by atoms with Gasteiger partial charge in [-0.15, -0.1) is 12.4 Å². The molecule has 0 aromatic carbocycles. The Bertz CT molecular complexity index is 455. The Morgan fingerprint density at radius 1 is 1.57 bits per heavy atom. The van der Waals surface area contributed by atoms with E-state index < -0.39 is 0 Å². The molecule has 1 aliphatic heterocycles. The molecule has 6 heteroatoms. The zero-order valence-electron chi connectivity index (χ0n) is 12.5. The lowest BCUT2D eigenvalue weighted by Gasteiger charge is -2.32. The van der Waals surface area contributed by atoms with Gasteiger partial charge < -0.3 is 11.1 Å². The molecule has 1 aliphatic rings. The van der Waals surface area contributed by atoms with E-state index in [0.717, 1.165) is 38.2 Å². The molecule has 3 N–H and O–H groups in total. The van der Waals surface area contributed by atoms with Crippen molar-refractivity contribution in [2.45, 2.75) is 26.3 Å². The van der Waals surface area contributed by atoms with Crippen molar-refractivity contribution < 1.29 is 4.79 Å². The highest BCUT2D eigenvalue weighted by Crippen LogP contribution is 2.19. The van der Waals surface area contributed by atoms with Crippen molar-refractivity contribution in [3.05, 3.63) is 29.6 Å². The lowest BCUT2D eigenvalue weighted by Crippen LogP contribution is -2.43. The molecule has 0 bridgehead atoms. The van der Waals surface area contributed by atoms with E-state index in [1.165, 1.54) is 5.56 Å². The van der Waals surface area contributed by atoms with Gasteiger partial charge in [-0.3, -0.25) is 14.7 Å². The molecule has 1 unspecified atom stereocenters. The van der Waals surface area contributed by atoms with Crippen LogP contribution in [0, 0.1) is 12.8 Å². The molecule has 2 heterocycles. The molecule has 1 saturated heterocycles. The van der Waals surface area contributed by atoms with Crippen molar-refractivity contribution in [3.63, 3.8) is 0 Å². The SMILES string of the molecule is Cc1cccnc1CN1CCCC(C(=O)NCCN)C1.Cl. The van der Waals surface area contributed by atoms with Gasteiger partial charge in [-0.05, 0) is 37.9 Å². The minimum Gasteiger partial charge on any atom is -0.355 e. The van der Waals surface area contributed by atoms with E-state index in [4.69, 9.17) is 5.73 Å². The quantitative estimate of drug-likeness (QED) is 0.854. The van der Waals surface area contributed by atoms with E-state index >= 15 is 0 Å². The number of aromatic nitrogens is 1. The summed E-state index contributed by atoms with van der Waals surface area (Å²) < 4.78 is 0. The number of rotatable bonds is 5. The van der Waals surface area contributed by atoms with E-state index in [-0.39, 0.29) is 24.2 Å². The minimum atomic E-state index is 0. The molecule has 2 rings (SSSR count). The predicted octanol–water partition coefficient (Wildman–Crippen LogP) is 1.10. The van der Waals surface area contributed by atoms with E-state index in [0.29, 0.717) is 13.1 Å². The summed E-state index contributed by atoms with van der Waals surface area (Å²) in [6, 6.07) is 4.04. The maximum absolute atomic E-state index is 12.0. The summed E-state index contributed by atoms with van der Waals surface area (Å²) in [4.78, 5) is 18.8. The third-order valence-corrected chi connectivity index (χ3v) is 3.81. The molecule has 21 heavy (non-hydrogen) atoms. The number of nitrogens with one attached hydrogen (secondary N) is 1. The van der Waals surface area contributed by atoms with Crippen molar-refractivity contribution >= 4 is 18.3 Å². The molecular formula is C15H25ClN4O. The Labute approximate surface area is 132 Å². The Balaban J connectivity index is 0.00000220. The van der Waals surface area contributed by atoms with Gasteiger partial charge in [0.05, 0.1) is 11.6 Å². The van der Waals surface area contributed by atoms with Crippen LogP contribution in [-0.2, 0) is 11.3 Å². The third kappa shape index (κ3) is 5.26. The van der Waals surface area contributed by atoms with Crippen LogP contribution in [0.2, 0.25) is 0 Å². The highest BCUT2D eigenvalue weighted by Gasteiger charge is 2.25. The van der Waals surface area contributed by atoms with Gasteiger partial charge in [0.25, 0.3) is 0 Å². The second-order valence-corrected chi connectivity index (χ2v) is 5.42. The monoisotopic (exact) mass is 312 g/mol. The summed E-state index contributed by atoms with van der Waals surface area (Å²) in [6.45, 7) is 5.82. The number of aryl methyl sites for hydroxylation is 1. The molecule has 1 aromatic heterocycles. The summed E-state index contributed by atoms with van der Waals surface area (Å²) in [5.41, 5.74) is 7.74. The molecule has 1 aromatic rings. The van der Waals surface area contributed by atoms with Gasteiger partial charge >= 0.3 is 0 Å². The van der Waals surface area contributed by atoms with Gasteiger partial charge in [-0.25, -0.2) is 0 Å². The fraction of sp³-hybridized carbons (Fsp3) is 0.600. The topological polar surface area (TPSA) is 71.2 Å². The number of nitrogens with two attached hydrogens (primary N) is 1. The molecule has 118 valence electrons. The Morgan fingerprint density at radius 2 is 2.38 bits per heavy atom. The largest absolute Gasteiger partial charge is 0.355 e. The number of carbonyl (C=O) groups excluding carboxylic acids is 1. The average Bonchev–Trinajstić information content (AvgIpc) is 2.47. The maximum Gasteiger partial charge on any atom is 0.224 e. The highest BCUT2D eigenvalue weighted by atomic mass is 35.5. The molecular weight excluding hydrogens is 288 g/mol. The van der Waals surface area contributed by atoms with E-state index in [2.05, 4.69) is 28.2 Å². The first-order chi connectivity index (χ1) is 9.70. The van der Waals surface area contributed by atoms with Crippen LogP contribution < -0.4 is 11.1 Å². The summed E-state index contributed by atoms with van der Waals surface area (Å²) >= 11 is 0. The van der Waals surface area contributed by atoms with Gasteiger partial charge in [0.15, 0.2) is 0 Å². The van der Waals surface area contributed by atoms with Gasteiger partial charge in [0, 0.05) is 32.4 Å². The van der Waals surface area contributed by atoms with Crippen LogP contribution in [0.3, 0.4) is 0 Å². The molecule has 0 spiro atoms. The second-order valence-electron chi connectivity index (χ2n) is 5.42. The average molecular weight is 313 g/mol. The summed E-state index contributed by atoms with van der Waals surface area (Å²) in [6.07, 6.45) is 3.86. The van der Waals surface area contributed by atoms with Gasteiger partial charge in [-0.2, -0.15) is 0 Å². The van der Waals surface area contributed by atoms with Gasteiger partial charge in [-0.1, -0.05) is 6.07 Å². The lowest BCUT2D eigenvalue weighted by molar-refractivity contribution is -0.126. The fourth-order valence-electron chi connectivity index (χ4n) is 2.65. The number of likely N-dealkylation sites (tertiary alicyclic amines) is 1. The maximum atomic E-state index is 12.0. The molecule has 1 amide bonds.